The van der Waals surface area contributed by atoms with Crippen LogP contribution in [-0.2, 0) is 10.0 Å². The molecule has 29 heavy (non-hydrogen) atoms. The predicted octanol–water partition coefficient (Wildman–Crippen LogP) is 3.16. The van der Waals surface area contributed by atoms with E-state index in [0.29, 0.717) is 43.5 Å². The Hall–Kier alpha value is -2.69. The van der Waals surface area contributed by atoms with Gasteiger partial charge in [0.15, 0.2) is 0 Å². The number of nitrogens with one attached hydrogen (secondary N) is 1. The highest BCUT2D eigenvalue weighted by molar-refractivity contribution is 7.89. The number of hydrogen-bond acceptors (Lipinski definition) is 4. The van der Waals surface area contributed by atoms with Gasteiger partial charge >= 0.3 is 0 Å². The van der Waals surface area contributed by atoms with Crippen LogP contribution in [0.2, 0.25) is 0 Å². The molecule has 0 bridgehead atoms. The number of sulfonamides is 1. The van der Waals surface area contributed by atoms with Gasteiger partial charge in [-0.1, -0.05) is 43.3 Å². The normalized spacial score (nSPS) is 15.1. The van der Waals surface area contributed by atoms with E-state index in [-0.39, 0.29) is 17.7 Å². The Kier molecular flexibility index (Phi) is 6.68. The average Bonchev–Trinajstić information content (AvgIpc) is 2.73. The minimum absolute atomic E-state index is 0.0943. The molecule has 0 radical (unpaired) electrons. The number of carbonyl (C=O) groups is 1. The highest BCUT2D eigenvalue weighted by Gasteiger charge is 2.27. The lowest BCUT2D eigenvalue weighted by atomic mass is 9.94. The molecule has 1 N–H and O–H groups in total. The van der Waals surface area contributed by atoms with Crippen LogP contribution in [0.25, 0.3) is 11.1 Å². The molecule has 0 atom stereocenters. The Labute approximate surface area is 172 Å². The first-order valence-corrected chi connectivity index (χ1v) is 11.5. The fraction of sp³-hybridized carbons (Fsp3) is 0.364. The SMILES string of the molecule is CCCS(=O)(=O)NC1CCN(C(=O)c2ccccc2-c2ccccc2C#N)CC1. The van der Waals surface area contributed by atoms with Gasteiger partial charge < -0.3 is 4.90 Å². The summed E-state index contributed by atoms with van der Waals surface area (Å²) in [6.45, 7) is 2.82. The Balaban J connectivity index is 1.76. The predicted molar refractivity (Wildman–Crippen MR) is 113 cm³/mol. The second-order valence-electron chi connectivity index (χ2n) is 7.21. The molecule has 0 aromatic heterocycles. The Bertz CT molecular complexity index is 1020. The molecule has 152 valence electrons. The molecule has 1 aliphatic heterocycles. The summed E-state index contributed by atoms with van der Waals surface area (Å²) in [6, 6.07) is 16.6. The molecule has 3 rings (SSSR count). The van der Waals surface area contributed by atoms with Crippen LogP contribution in [-0.4, -0.2) is 44.1 Å². The second kappa shape index (κ2) is 9.21. The Morgan fingerprint density at radius 3 is 2.38 bits per heavy atom. The molecule has 0 saturated carbocycles. The molecule has 0 spiro atoms. The van der Waals surface area contributed by atoms with E-state index in [4.69, 9.17) is 0 Å². The maximum Gasteiger partial charge on any atom is 0.254 e. The van der Waals surface area contributed by atoms with Gasteiger partial charge in [-0.2, -0.15) is 5.26 Å². The number of nitrogens with zero attached hydrogens (tertiary/aromatic N) is 2. The van der Waals surface area contributed by atoms with E-state index >= 15 is 0 Å². The number of rotatable bonds is 6. The summed E-state index contributed by atoms with van der Waals surface area (Å²) in [5, 5.41) is 9.42. The molecule has 1 fully saturated rings. The van der Waals surface area contributed by atoms with Gasteiger partial charge in [0.05, 0.1) is 17.4 Å². The van der Waals surface area contributed by atoms with Crippen molar-refractivity contribution in [2.45, 2.75) is 32.2 Å². The van der Waals surface area contributed by atoms with Crippen molar-refractivity contribution >= 4 is 15.9 Å². The van der Waals surface area contributed by atoms with Crippen LogP contribution >= 0.6 is 0 Å². The van der Waals surface area contributed by atoms with Gasteiger partial charge in [-0.25, -0.2) is 13.1 Å². The van der Waals surface area contributed by atoms with Crippen LogP contribution in [0.4, 0.5) is 0 Å². The number of likely N-dealkylation sites (tertiary alicyclic amines) is 1. The van der Waals surface area contributed by atoms with Crippen molar-refractivity contribution in [3.05, 3.63) is 59.7 Å². The van der Waals surface area contributed by atoms with Crippen molar-refractivity contribution < 1.29 is 13.2 Å². The molecule has 2 aromatic rings. The van der Waals surface area contributed by atoms with Gasteiger partial charge in [-0.3, -0.25) is 4.79 Å². The van der Waals surface area contributed by atoms with Gasteiger partial charge in [0.2, 0.25) is 10.0 Å². The summed E-state index contributed by atoms with van der Waals surface area (Å²) >= 11 is 0. The third kappa shape index (κ3) is 5.03. The first kappa shape index (κ1) is 21.0. The van der Waals surface area contributed by atoms with Gasteiger partial charge in [-0.15, -0.1) is 0 Å². The molecule has 1 saturated heterocycles. The second-order valence-corrected chi connectivity index (χ2v) is 9.08. The fourth-order valence-electron chi connectivity index (χ4n) is 3.67. The van der Waals surface area contributed by atoms with Gasteiger partial charge in [0.25, 0.3) is 5.91 Å². The van der Waals surface area contributed by atoms with Crippen LogP contribution in [0.1, 0.15) is 42.1 Å². The lowest BCUT2D eigenvalue weighted by molar-refractivity contribution is 0.0712. The monoisotopic (exact) mass is 411 g/mol. The van der Waals surface area contributed by atoms with Crippen molar-refractivity contribution in [1.29, 1.82) is 5.26 Å². The van der Waals surface area contributed by atoms with Crippen molar-refractivity contribution in [3.8, 4) is 17.2 Å². The first-order valence-electron chi connectivity index (χ1n) is 9.83. The third-order valence-corrected chi connectivity index (χ3v) is 6.73. The molecular weight excluding hydrogens is 386 g/mol. The minimum atomic E-state index is -3.26. The Morgan fingerprint density at radius 1 is 1.10 bits per heavy atom. The van der Waals surface area contributed by atoms with Gasteiger partial charge in [0, 0.05) is 30.3 Å². The smallest absolute Gasteiger partial charge is 0.254 e. The highest BCUT2D eigenvalue weighted by atomic mass is 32.2. The van der Waals surface area contributed by atoms with Crippen molar-refractivity contribution in [2.75, 3.05) is 18.8 Å². The highest BCUT2D eigenvalue weighted by Crippen LogP contribution is 2.28. The van der Waals surface area contributed by atoms with Crippen LogP contribution in [0.15, 0.2) is 48.5 Å². The van der Waals surface area contributed by atoms with E-state index in [1.54, 1.807) is 23.1 Å². The zero-order chi connectivity index (χ0) is 20.9. The molecule has 1 heterocycles. The van der Waals surface area contributed by atoms with Gasteiger partial charge in [0.1, 0.15) is 0 Å². The molecule has 7 heteroatoms. The number of hydrogen-bond donors (Lipinski definition) is 1. The quantitative estimate of drug-likeness (QED) is 0.791. The summed E-state index contributed by atoms with van der Waals surface area (Å²) in [6.07, 6.45) is 1.75. The van der Waals surface area contributed by atoms with Crippen LogP contribution in [0, 0.1) is 11.3 Å². The number of carbonyl (C=O) groups excluding carboxylic acids is 1. The van der Waals surface area contributed by atoms with E-state index in [0.717, 1.165) is 11.1 Å². The summed E-state index contributed by atoms with van der Waals surface area (Å²) in [5.74, 6) is 0.0286. The third-order valence-electron chi connectivity index (χ3n) is 5.10. The van der Waals surface area contributed by atoms with E-state index in [9.17, 15) is 18.5 Å². The average molecular weight is 412 g/mol. The largest absolute Gasteiger partial charge is 0.339 e. The summed E-state index contributed by atoms with van der Waals surface area (Å²) < 4.78 is 26.7. The molecule has 6 nitrogen and oxygen atoms in total. The maximum absolute atomic E-state index is 13.2. The molecule has 1 aliphatic rings. The van der Waals surface area contributed by atoms with E-state index in [1.165, 1.54) is 0 Å². The number of amides is 1. The van der Waals surface area contributed by atoms with Crippen molar-refractivity contribution in [2.24, 2.45) is 0 Å². The summed E-state index contributed by atoms with van der Waals surface area (Å²) in [4.78, 5) is 15.0. The summed E-state index contributed by atoms with van der Waals surface area (Å²) in [7, 11) is -3.26. The van der Waals surface area contributed by atoms with E-state index in [1.807, 2.05) is 37.3 Å². The standard InChI is InChI=1S/C22H25N3O3S/c1-2-15-29(27,28)24-18-11-13-25(14-12-18)22(26)21-10-6-5-9-20(21)19-8-4-3-7-17(19)16-23/h3-10,18,24H,2,11-15H2,1H3. The van der Waals surface area contributed by atoms with Crippen LogP contribution < -0.4 is 4.72 Å². The lowest BCUT2D eigenvalue weighted by Crippen LogP contribution is -2.47. The van der Waals surface area contributed by atoms with Gasteiger partial charge in [-0.05, 0) is 37.0 Å². The molecular formula is C22H25N3O3S. The molecule has 0 unspecified atom stereocenters. The van der Waals surface area contributed by atoms with E-state index < -0.39 is 10.0 Å². The maximum atomic E-state index is 13.2. The molecule has 2 aromatic carbocycles. The first-order chi connectivity index (χ1) is 13.9. The molecule has 1 amide bonds. The minimum Gasteiger partial charge on any atom is -0.339 e. The zero-order valence-electron chi connectivity index (χ0n) is 16.5. The fourth-order valence-corrected chi connectivity index (χ4v) is 5.07. The lowest BCUT2D eigenvalue weighted by Gasteiger charge is -2.32. The topological polar surface area (TPSA) is 90.3 Å². The Morgan fingerprint density at radius 2 is 1.72 bits per heavy atom. The number of nitriles is 1. The number of benzene rings is 2. The van der Waals surface area contributed by atoms with Crippen molar-refractivity contribution in [1.82, 2.24) is 9.62 Å². The number of piperidine rings is 1. The van der Waals surface area contributed by atoms with E-state index in [2.05, 4.69) is 10.8 Å². The van der Waals surface area contributed by atoms with Crippen molar-refractivity contribution in [3.63, 3.8) is 0 Å². The molecule has 0 aliphatic carbocycles. The zero-order valence-corrected chi connectivity index (χ0v) is 17.3. The van der Waals surface area contributed by atoms with Crippen LogP contribution in [0.5, 0.6) is 0 Å². The van der Waals surface area contributed by atoms with Crippen LogP contribution in [0.3, 0.4) is 0 Å². The summed E-state index contributed by atoms with van der Waals surface area (Å²) in [5.41, 5.74) is 2.55.